The Morgan fingerprint density at radius 3 is 2.37 bits per heavy atom. The Morgan fingerprint density at radius 2 is 1.74 bits per heavy atom. The van der Waals surface area contributed by atoms with Crippen molar-refractivity contribution in [2.75, 3.05) is 6.61 Å². The lowest BCUT2D eigenvalue weighted by molar-refractivity contribution is 0.0481. The average Bonchev–Trinajstić information content (AvgIpc) is 2.46. The van der Waals surface area contributed by atoms with E-state index in [0.717, 1.165) is 5.56 Å². The number of rotatable bonds is 4. The molecule has 0 aliphatic carbocycles. The molecule has 0 heterocycles. The molecular weight excluding hydrogens is 245 g/mol. The van der Waals surface area contributed by atoms with Gasteiger partial charge in [0.25, 0.3) is 0 Å². The van der Waals surface area contributed by atoms with Gasteiger partial charge in [0, 0.05) is 0 Å². The van der Waals surface area contributed by atoms with Gasteiger partial charge in [0.05, 0.1) is 11.6 Å². The standard InChI is InChI=1S/C15H14FNO2/c16-13-8-6-12(7-9-13)15(18)19-10-14(17)11-4-2-1-3-5-11/h1-9,14H,10,17H2/t14-/m0/s1. The molecule has 2 aromatic carbocycles. The molecular formula is C15H14FNO2. The molecule has 98 valence electrons. The minimum absolute atomic E-state index is 0.0836. The fourth-order valence-electron chi connectivity index (χ4n) is 1.63. The summed E-state index contributed by atoms with van der Waals surface area (Å²) in [4.78, 5) is 11.7. The molecule has 1 atom stereocenters. The van der Waals surface area contributed by atoms with Gasteiger partial charge < -0.3 is 10.5 Å². The van der Waals surface area contributed by atoms with Crippen LogP contribution in [-0.4, -0.2) is 12.6 Å². The van der Waals surface area contributed by atoms with Crippen molar-refractivity contribution in [1.29, 1.82) is 0 Å². The van der Waals surface area contributed by atoms with Crippen LogP contribution in [0.4, 0.5) is 4.39 Å². The number of nitrogens with two attached hydrogens (primary N) is 1. The van der Waals surface area contributed by atoms with Crippen LogP contribution in [0.25, 0.3) is 0 Å². The van der Waals surface area contributed by atoms with Crippen molar-refractivity contribution in [2.24, 2.45) is 5.73 Å². The maximum atomic E-state index is 12.7. The van der Waals surface area contributed by atoms with Crippen molar-refractivity contribution in [1.82, 2.24) is 0 Å². The van der Waals surface area contributed by atoms with Crippen LogP contribution in [-0.2, 0) is 4.74 Å². The average molecular weight is 259 g/mol. The summed E-state index contributed by atoms with van der Waals surface area (Å²) < 4.78 is 17.8. The Labute approximate surface area is 110 Å². The molecule has 19 heavy (non-hydrogen) atoms. The van der Waals surface area contributed by atoms with Crippen molar-refractivity contribution in [3.63, 3.8) is 0 Å². The highest BCUT2D eigenvalue weighted by atomic mass is 19.1. The van der Waals surface area contributed by atoms with Crippen LogP contribution in [0.15, 0.2) is 54.6 Å². The van der Waals surface area contributed by atoms with Crippen LogP contribution in [0.5, 0.6) is 0 Å². The summed E-state index contributed by atoms with van der Waals surface area (Å²) in [6.45, 7) is 0.0836. The summed E-state index contributed by atoms with van der Waals surface area (Å²) in [5, 5.41) is 0. The van der Waals surface area contributed by atoms with Crippen LogP contribution in [0.2, 0.25) is 0 Å². The molecule has 2 rings (SSSR count). The number of esters is 1. The first-order chi connectivity index (χ1) is 9.16. The van der Waals surface area contributed by atoms with Crippen LogP contribution >= 0.6 is 0 Å². The molecule has 0 bridgehead atoms. The molecule has 0 saturated heterocycles. The summed E-state index contributed by atoms with van der Waals surface area (Å²) in [6.07, 6.45) is 0. The third-order valence-electron chi connectivity index (χ3n) is 2.70. The van der Waals surface area contributed by atoms with Gasteiger partial charge in [-0.05, 0) is 29.8 Å². The van der Waals surface area contributed by atoms with Crippen LogP contribution in [0.3, 0.4) is 0 Å². The van der Waals surface area contributed by atoms with Gasteiger partial charge in [0.15, 0.2) is 0 Å². The largest absolute Gasteiger partial charge is 0.460 e. The molecule has 0 fully saturated rings. The van der Waals surface area contributed by atoms with E-state index in [1.165, 1.54) is 24.3 Å². The van der Waals surface area contributed by atoms with Gasteiger partial charge in [-0.2, -0.15) is 0 Å². The van der Waals surface area contributed by atoms with Gasteiger partial charge >= 0.3 is 5.97 Å². The summed E-state index contributed by atoms with van der Waals surface area (Å²) in [7, 11) is 0. The third kappa shape index (κ3) is 3.63. The fraction of sp³-hybridized carbons (Fsp3) is 0.133. The van der Waals surface area contributed by atoms with Gasteiger partial charge in [0.1, 0.15) is 12.4 Å². The Morgan fingerprint density at radius 1 is 1.11 bits per heavy atom. The van der Waals surface area contributed by atoms with E-state index < -0.39 is 11.8 Å². The number of carbonyl (C=O) groups is 1. The lowest BCUT2D eigenvalue weighted by atomic mass is 10.1. The minimum atomic E-state index is -0.508. The second-order valence-electron chi connectivity index (χ2n) is 4.12. The molecule has 2 N–H and O–H groups in total. The predicted molar refractivity (Wildman–Crippen MR) is 70.1 cm³/mol. The summed E-state index contributed by atoms with van der Waals surface area (Å²) in [5.41, 5.74) is 7.11. The van der Waals surface area contributed by atoms with Crippen molar-refractivity contribution in [3.05, 3.63) is 71.5 Å². The smallest absolute Gasteiger partial charge is 0.338 e. The lowest BCUT2D eigenvalue weighted by Gasteiger charge is -2.12. The maximum Gasteiger partial charge on any atom is 0.338 e. The van der Waals surface area contributed by atoms with E-state index in [2.05, 4.69) is 0 Å². The lowest BCUT2D eigenvalue weighted by Crippen LogP contribution is -2.19. The van der Waals surface area contributed by atoms with Crippen molar-refractivity contribution < 1.29 is 13.9 Å². The number of carbonyl (C=O) groups excluding carboxylic acids is 1. The minimum Gasteiger partial charge on any atom is -0.460 e. The van der Waals surface area contributed by atoms with Crippen molar-refractivity contribution in [2.45, 2.75) is 6.04 Å². The Bertz CT molecular complexity index is 540. The molecule has 4 heteroatoms. The first-order valence-corrected chi connectivity index (χ1v) is 5.90. The second kappa shape index (κ2) is 6.11. The fourth-order valence-corrected chi connectivity index (χ4v) is 1.63. The monoisotopic (exact) mass is 259 g/mol. The molecule has 0 aromatic heterocycles. The van der Waals surface area contributed by atoms with E-state index in [0.29, 0.717) is 5.56 Å². The Balaban J connectivity index is 1.92. The van der Waals surface area contributed by atoms with Crippen molar-refractivity contribution >= 4 is 5.97 Å². The highest BCUT2D eigenvalue weighted by molar-refractivity contribution is 5.89. The zero-order valence-electron chi connectivity index (χ0n) is 10.3. The molecule has 0 radical (unpaired) electrons. The molecule has 0 aliphatic heterocycles. The number of hydrogen-bond acceptors (Lipinski definition) is 3. The first kappa shape index (κ1) is 13.2. The number of benzene rings is 2. The van der Waals surface area contributed by atoms with E-state index in [1.807, 2.05) is 30.3 Å². The highest BCUT2D eigenvalue weighted by Crippen LogP contribution is 2.11. The van der Waals surface area contributed by atoms with Crippen LogP contribution in [0.1, 0.15) is 22.0 Å². The van der Waals surface area contributed by atoms with E-state index in [-0.39, 0.29) is 12.6 Å². The quantitative estimate of drug-likeness (QED) is 0.859. The zero-order chi connectivity index (χ0) is 13.7. The van der Waals surface area contributed by atoms with Gasteiger partial charge in [0.2, 0.25) is 0 Å². The number of halogens is 1. The summed E-state index contributed by atoms with van der Waals surface area (Å²) in [5.74, 6) is -0.899. The van der Waals surface area contributed by atoms with E-state index >= 15 is 0 Å². The van der Waals surface area contributed by atoms with E-state index in [9.17, 15) is 9.18 Å². The third-order valence-corrected chi connectivity index (χ3v) is 2.70. The van der Waals surface area contributed by atoms with Gasteiger partial charge in [-0.15, -0.1) is 0 Å². The van der Waals surface area contributed by atoms with E-state index in [1.54, 1.807) is 0 Å². The zero-order valence-corrected chi connectivity index (χ0v) is 10.3. The molecule has 0 spiro atoms. The summed E-state index contributed by atoms with van der Waals surface area (Å²) >= 11 is 0. The van der Waals surface area contributed by atoms with E-state index in [4.69, 9.17) is 10.5 Å². The van der Waals surface area contributed by atoms with Gasteiger partial charge in [-0.25, -0.2) is 9.18 Å². The SMILES string of the molecule is N[C@@H](COC(=O)c1ccc(F)cc1)c1ccccc1. The van der Waals surface area contributed by atoms with Crippen LogP contribution < -0.4 is 5.73 Å². The maximum absolute atomic E-state index is 12.7. The number of hydrogen-bond donors (Lipinski definition) is 1. The predicted octanol–water partition coefficient (Wildman–Crippen LogP) is 2.68. The first-order valence-electron chi connectivity index (χ1n) is 5.90. The van der Waals surface area contributed by atoms with Crippen LogP contribution in [0, 0.1) is 5.82 Å². The van der Waals surface area contributed by atoms with Crippen molar-refractivity contribution in [3.8, 4) is 0 Å². The highest BCUT2D eigenvalue weighted by Gasteiger charge is 2.11. The van der Waals surface area contributed by atoms with Gasteiger partial charge in [-0.1, -0.05) is 30.3 Å². The molecule has 3 nitrogen and oxygen atoms in total. The Kier molecular flexibility index (Phi) is 4.26. The second-order valence-corrected chi connectivity index (χ2v) is 4.12. The topological polar surface area (TPSA) is 52.3 Å². The molecule has 2 aromatic rings. The number of ether oxygens (including phenoxy) is 1. The normalized spacial score (nSPS) is 11.9. The summed E-state index contributed by atoms with van der Waals surface area (Å²) in [6, 6.07) is 14.2. The molecule has 0 saturated carbocycles. The molecule has 0 amide bonds. The molecule has 0 unspecified atom stereocenters. The Hall–Kier alpha value is -2.20. The molecule has 0 aliphatic rings. The van der Waals surface area contributed by atoms with Gasteiger partial charge in [-0.3, -0.25) is 0 Å².